The van der Waals surface area contributed by atoms with E-state index in [2.05, 4.69) is 26.2 Å². The van der Waals surface area contributed by atoms with E-state index in [0.29, 0.717) is 10.3 Å². The van der Waals surface area contributed by atoms with Gasteiger partial charge in [-0.3, -0.25) is 0 Å². The molecule has 0 atom stereocenters. The quantitative estimate of drug-likeness (QED) is 0.874. The fourth-order valence-electron chi connectivity index (χ4n) is 0.991. The van der Waals surface area contributed by atoms with Crippen molar-refractivity contribution in [2.75, 3.05) is 5.32 Å². The lowest BCUT2D eigenvalue weighted by Crippen LogP contribution is -2.14. The zero-order chi connectivity index (χ0) is 10.7. The first kappa shape index (κ1) is 11.0. The molecular weight excluding hydrogens is 248 g/mol. The molecule has 0 aliphatic heterocycles. The van der Waals surface area contributed by atoms with Crippen molar-refractivity contribution in [3.05, 3.63) is 22.3 Å². The van der Waals surface area contributed by atoms with Gasteiger partial charge in [0.2, 0.25) is 0 Å². The standard InChI is InChI=1S/C9H11BrN2O2/c1-5(2)12-8-7(9(13)14)3-6(10)4-11-8/h3-5H,1-2H3,(H,11,12)(H,13,14). The highest BCUT2D eigenvalue weighted by Gasteiger charge is 2.12. The number of carboxylic acid groups (broad SMARTS) is 1. The van der Waals surface area contributed by atoms with Crippen LogP contribution in [0.3, 0.4) is 0 Å². The number of anilines is 1. The number of rotatable bonds is 3. The fraction of sp³-hybridized carbons (Fsp3) is 0.333. The molecule has 0 aromatic carbocycles. The molecule has 4 nitrogen and oxygen atoms in total. The lowest BCUT2D eigenvalue weighted by atomic mass is 10.2. The average molecular weight is 259 g/mol. The second kappa shape index (κ2) is 4.41. The van der Waals surface area contributed by atoms with Crippen molar-refractivity contribution in [1.29, 1.82) is 0 Å². The van der Waals surface area contributed by atoms with Crippen molar-refractivity contribution in [3.63, 3.8) is 0 Å². The molecule has 2 N–H and O–H groups in total. The van der Waals surface area contributed by atoms with Gasteiger partial charge in [-0.2, -0.15) is 0 Å². The number of halogens is 1. The number of hydrogen-bond donors (Lipinski definition) is 2. The molecule has 0 amide bonds. The van der Waals surface area contributed by atoms with Crippen LogP contribution in [-0.2, 0) is 0 Å². The minimum atomic E-state index is -0.984. The summed E-state index contributed by atoms with van der Waals surface area (Å²) in [5, 5.41) is 11.9. The zero-order valence-corrected chi connectivity index (χ0v) is 9.50. The molecule has 0 fully saturated rings. The van der Waals surface area contributed by atoms with Gasteiger partial charge in [0.15, 0.2) is 0 Å². The molecule has 0 saturated carbocycles. The van der Waals surface area contributed by atoms with Crippen LogP contribution in [-0.4, -0.2) is 22.1 Å². The Morgan fingerprint density at radius 1 is 1.64 bits per heavy atom. The highest BCUT2D eigenvalue weighted by molar-refractivity contribution is 9.10. The van der Waals surface area contributed by atoms with Crippen LogP contribution in [0.15, 0.2) is 16.7 Å². The molecule has 1 rings (SSSR count). The number of carbonyl (C=O) groups is 1. The minimum absolute atomic E-state index is 0.154. The van der Waals surface area contributed by atoms with Crippen LogP contribution in [0, 0.1) is 0 Å². The number of nitrogens with zero attached hydrogens (tertiary/aromatic N) is 1. The van der Waals surface area contributed by atoms with Gasteiger partial charge in [0.1, 0.15) is 11.4 Å². The summed E-state index contributed by atoms with van der Waals surface area (Å²) >= 11 is 3.18. The Bertz CT molecular complexity index is 353. The van der Waals surface area contributed by atoms with Crippen molar-refractivity contribution < 1.29 is 9.90 Å². The number of carboxylic acids is 1. The molecule has 0 aliphatic carbocycles. The first-order valence-electron chi connectivity index (χ1n) is 4.16. The number of aromatic carboxylic acids is 1. The first-order valence-corrected chi connectivity index (χ1v) is 4.95. The van der Waals surface area contributed by atoms with Gasteiger partial charge in [0.05, 0.1) is 0 Å². The molecule has 5 heteroatoms. The highest BCUT2D eigenvalue weighted by Crippen LogP contribution is 2.18. The van der Waals surface area contributed by atoms with E-state index in [9.17, 15) is 4.79 Å². The van der Waals surface area contributed by atoms with Crippen LogP contribution < -0.4 is 5.32 Å². The van der Waals surface area contributed by atoms with Crippen LogP contribution in [0.25, 0.3) is 0 Å². The molecule has 0 spiro atoms. The van der Waals surface area contributed by atoms with E-state index < -0.39 is 5.97 Å². The summed E-state index contributed by atoms with van der Waals surface area (Å²) in [7, 11) is 0. The lowest BCUT2D eigenvalue weighted by molar-refractivity contribution is 0.0697. The third-order valence-electron chi connectivity index (χ3n) is 1.51. The fourth-order valence-corrected chi connectivity index (χ4v) is 1.32. The Balaban J connectivity index is 3.08. The Labute approximate surface area is 90.5 Å². The molecule has 0 bridgehead atoms. The first-order chi connectivity index (χ1) is 6.50. The normalized spacial score (nSPS) is 10.3. The van der Waals surface area contributed by atoms with Gasteiger partial charge in [0, 0.05) is 16.7 Å². The molecular formula is C9H11BrN2O2. The monoisotopic (exact) mass is 258 g/mol. The van der Waals surface area contributed by atoms with Crippen LogP contribution in [0.5, 0.6) is 0 Å². The predicted molar refractivity (Wildman–Crippen MR) is 57.7 cm³/mol. The molecule has 1 aromatic rings. The number of pyridine rings is 1. The van der Waals surface area contributed by atoms with E-state index in [4.69, 9.17) is 5.11 Å². The summed E-state index contributed by atoms with van der Waals surface area (Å²) in [5.74, 6) is -0.586. The molecule has 0 radical (unpaired) electrons. The van der Waals surface area contributed by atoms with E-state index in [1.54, 1.807) is 6.20 Å². The van der Waals surface area contributed by atoms with Gasteiger partial charge >= 0.3 is 5.97 Å². The third kappa shape index (κ3) is 2.70. The van der Waals surface area contributed by atoms with E-state index in [1.165, 1.54) is 6.07 Å². The maximum absolute atomic E-state index is 10.9. The number of aromatic nitrogens is 1. The predicted octanol–water partition coefficient (Wildman–Crippen LogP) is 2.36. The number of nitrogens with one attached hydrogen (secondary N) is 1. The molecule has 0 saturated heterocycles. The molecule has 1 heterocycles. The van der Waals surface area contributed by atoms with Crippen LogP contribution in [0.1, 0.15) is 24.2 Å². The van der Waals surface area contributed by atoms with Gasteiger partial charge in [-0.25, -0.2) is 9.78 Å². The maximum Gasteiger partial charge on any atom is 0.339 e. The topological polar surface area (TPSA) is 62.2 Å². The van der Waals surface area contributed by atoms with E-state index in [-0.39, 0.29) is 11.6 Å². The van der Waals surface area contributed by atoms with Crippen molar-refractivity contribution in [2.24, 2.45) is 0 Å². The Hall–Kier alpha value is -1.10. The van der Waals surface area contributed by atoms with Crippen molar-refractivity contribution >= 4 is 27.7 Å². The van der Waals surface area contributed by atoms with Gasteiger partial charge in [-0.1, -0.05) is 0 Å². The SMILES string of the molecule is CC(C)Nc1ncc(Br)cc1C(=O)O. The smallest absolute Gasteiger partial charge is 0.339 e. The third-order valence-corrected chi connectivity index (χ3v) is 1.94. The molecule has 14 heavy (non-hydrogen) atoms. The van der Waals surface area contributed by atoms with E-state index >= 15 is 0 Å². The largest absolute Gasteiger partial charge is 0.478 e. The molecule has 0 aliphatic rings. The summed E-state index contributed by atoms with van der Waals surface area (Å²) in [5.41, 5.74) is 0.174. The van der Waals surface area contributed by atoms with Gasteiger partial charge in [0.25, 0.3) is 0 Å². The highest BCUT2D eigenvalue weighted by atomic mass is 79.9. The summed E-state index contributed by atoms with van der Waals surface area (Å²) in [4.78, 5) is 14.9. The van der Waals surface area contributed by atoms with E-state index in [1.807, 2.05) is 13.8 Å². The molecule has 0 unspecified atom stereocenters. The summed E-state index contributed by atoms with van der Waals surface area (Å²) in [6.45, 7) is 3.85. The van der Waals surface area contributed by atoms with E-state index in [0.717, 1.165) is 0 Å². The van der Waals surface area contributed by atoms with Crippen LogP contribution in [0.4, 0.5) is 5.82 Å². The van der Waals surface area contributed by atoms with Crippen LogP contribution >= 0.6 is 15.9 Å². The second-order valence-electron chi connectivity index (χ2n) is 3.15. The Morgan fingerprint density at radius 3 is 2.79 bits per heavy atom. The summed E-state index contributed by atoms with van der Waals surface area (Å²) < 4.78 is 0.657. The minimum Gasteiger partial charge on any atom is -0.478 e. The summed E-state index contributed by atoms with van der Waals surface area (Å²) in [6, 6.07) is 1.68. The van der Waals surface area contributed by atoms with Crippen LogP contribution in [0.2, 0.25) is 0 Å². The van der Waals surface area contributed by atoms with Gasteiger partial charge < -0.3 is 10.4 Å². The van der Waals surface area contributed by atoms with Gasteiger partial charge in [-0.15, -0.1) is 0 Å². The van der Waals surface area contributed by atoms with Gasteiger partial charge in [-0.05, 0) is 35.8 Å². The van der Waals surface area contributed by atoms with Crippen molar-refractivity contribution in [3.8, 4) is 0 Å². The van der Waals surface area contributed by atoms with Crippen molar-refractivity contribution in [2.45, 2.75) is 19.9 Å². The number of hydrogen-bond acceptors (Lipinski definition) is 3. The Morgan fingerprint density at radius 2 is 2.29 bits per heavy atom. The molecule has 76 valence electrons. The molecule has 1 aromatic heterocycles. The average Bonchev–Trinajstić information content (AvgIpc) is 2.07. The Kier molecular flexibility index (Phi) is 3.46. The second-order valence-corrected chi connectivity index (χ2v) is 4.07. The zero-order valence-electron chi connectivity index (χ0n) is 7.91. The summed E-state index contributed by atoms with van der Waals surface area (Å²) in [6.07, 6.45) is 1.57. The lowest BCUT2D eigenvalue weighted by Gasteiger charge is -2.11. The maximum atomic E-state index is 10.9. The van der Waals surface area contributed by atoms with Crippen molar-refractivity contribution in [1.82, 2.24) is 4.98 Å².